The van der Waals surface area contributed by atoms with Crippen molar-refractivity contribution in [1.29, 1.82) is 0 Å². The van der Waals surface area contributed by atoms with Gasteiger partial charge in [-0.05, 0) is 50.1 Å². The number of sulfonamides is 1. The fraction of sp³-hybridized carbons (Fsp3) is 0.440. The highest BCUT2D eigenvalue weighted by Gasteiger charge is 2.28. The zero-order valence-electron chi connectivity index (χ0n) is 20.4. The monoisotopic (exact) mass is 532 g/mol. The predicted octanol–water partition coefficient (Wildman–Crippen LogP) is 2.93. The van der Waals surface area contributed by atoms with E-state index < -0.39 is 10.0 Å². The van der Waals surface area contributed by atoms with Crippen molar-refractivity contribution in [3.63, 3.8) is 0 Å². The largest absolute Gasteiger partial charge is 0.379 e. The van der Waals surface area contributed by atoms with Crippen LogP contribution in [-0.4, -0.2) is 75.4 Å². The Balaban J connectivity index is 1.40. The Morgan fingerprint density at radius 3 is 2.22 bits per heavy atom. The number of hydrogen-bond donors (Lipinski definition) is 2. The standard InChI is InChI=1S/C25H32N4O5S2/c1-19-4-6-20(7-5-19)26-24(30)17-35-18-25(31)27-22-16-21(8-9-23(22)28-10-2-3-11-28)36(32,33)29-12-14-34-15-13-29/h4-9,16H,2-3,10-15,17-18H2,1H3,(H,26,30)(H,27,31). The van der Waals surface area contributed by atoms with Crippen molar-refractivity contribution in [1.82, 2.24) is 4.31 Å². The van der Waals surface area contributed by atoms with E-state index in [-0.39, 0.29) is 28.2 Å². The Labute approximate surface area is 216 Å². The summed E-state index contributed by atoms with van der Waals surface area (Å²) in [5.74, 6) is -0.273. The van der Waals surface area contributed by atoms with Crippen LogP contribution in [-0.2, 0) is 24.3 Å². The van der Waals surface area contributed by atoms with Crippen molar-refractivity contribution in [3.05, 3.63) is 48.0 Å². The minimum absolute atomic E-state index is 0.0706. The van der Waals surface area contributed by atoms with Gasteiger partial charge in [-0.25, -0.2) is 8.42 Å². The molecule has 2 aromatic rings. The van der Waals surface area contributed by atoms with Crippen LogP contribution in [0, 0.1) is 6.92 Å². The predicted molar refractivity (Wildman–Crippen MR) is 143 cm³/mol. The SMILES string of the molecule is Cc1ccc(NC(=O)CSCC(=O)Nc2cc(S(=O)(=O)N3CCOCC3)ccc2N2CCCC2)cc1. The number of carbonyl (C=O) groups is 2. The lowest BCUT2D eigenvalue weighted by atomic mass is 10.2. The van der Waals surface area contributed by atoms with Crippen LogP contribution >= 0.6 is 11.8 Å². The molecule has 194 valence electrons. The maximum atomic E-state index is 13.2. The number of aryl methyl sites for hydroxylation is 1. The molecule has 2 heterocycles. The summed E-state index contributed by atoms with van der Waals surface area (Å²) in [6.07, 6.45) is 2.10. The molecule has 2 N–H and O–H groups in total. The number of rotatable bonds is 9. The van der Waals surface area contributed by atoms with E-state index in [1.807, 2.05) is 31.2 Å². The Hall–Kier alpha value is -2.60. The summed E-state index contributed by atoms with van der Waals surface area (Å²) < 4.78 is 33.0. The van der Waals surface area contributed by atoms with Crippen LogP contribution in [0.5, 0.6) is 0 Å². The third kappa shape index (κ3) is 6.78. The molecule has 36 heavy (non-hydrogen) atoms. The van der Waals surface area contributed by atoms with E-state index in [4.69, 9.17) is 4.74 Å². The van der Waals surface area contributed by atoms with Gasteiger partial charge in [0.05, 0.1) is 41.0 Å². The minimum atomic E-state index is -3.70. The molecule has 0 aliphatic carbocycles. The van der Waals surface area contributed by atoms with Gasteiger partial charge in [0.2, 0.25) is 21.8 Å². The molecule has 2 aromatic carbocycles. The van der Waals surface area contributed by atoms with Crippen molar-refractivity contribution in [2.45, 2.75) is 24.7 Å². The molecule has 0 saturated carbocycles. The first kappa shape index (κ1) is 26.5. The molecule has 0 radical (unpaired) electrons. The molecule has 2 saturated heterocycles. The molecule has 2 amide bonds. The van der Waals surface area contributed by atoms with Gasteiger partial charge in [-0.15, -0.1) is 11.8 Å². The van der Waals surface area contributed by atoms with Crippen molar-refractivity contribution in [2.24, 2.45) is 0 Å². The van der Waals surface area contributed by atoms with Gasteiger partial charge in [0.1, 0.15) is 0 Å². The van der Waals surface area contributed by atoms with Gasteiger partial charge < -0.3 is 20.3 Å². The van der Waals surface area contributed by atoms with E-state index >= 15 is 0 Å². The fourth-order valence-electron chi connectivity index (χ4n) is 4.20. The summed E-state index contributed by atoms with van der Waals surface area (Å²) in [5.41, 5.74) is 3.10. The lowest BCUT2D eigenvalue weighted by Crippen LogP contribution is -2.40. The molecule has 9 nitrogen and oxygen atoms in total. The first-order chi connectivity index (χ1) is 17.3. The number of thioether (sulfide) groups is 1. The molecular weight excluding hydrogens is 500 g/mol. The van der Waals surface area contributed by atoms with E-state index in [0.717, 1.165) is 37.2 Å². The smallest absolute Gasteiger partial charge is 0.243 e. The van der Waals surface area contributed by atoms with E-state index in [0.29, 0.717) is 37.7 Å². The van der Waals surface area contributed by atoms with Gasteiger partial charge >= 0.3 is 0 Å². The third-order valence-electron chi connectivity index (χ3n) is 6.10. The number of amides is 2. The zero-order chi connectivity index (χ0) is 25.5. The lowest BCUT2D eigenvalue weighted by molar-refractivity contribution is -0.114. The van der Waals surface area contributed by atoms with Crippen molar-refractivity contribution >= 4 is 50.7 Å². The van der Waals surface area contributed by atoms with Gasteiger partial charge in [0.15, 0.2) is 0 Å². The van der Waals surface area contributed by atoms with Gasteiger partial charge in [0, 0.05) is 31.9 Å². The summed E-state index contributed by atoms with van der Waals surface area (Å²) >= 11 is 1.20. The second kappa shape index (κ2) is 12.1. The van der Waals surface area contributed by atoms with Gasteiger partial charge in [-0.3, -0.25) is 9.59 Å². The second-order valence-electron chi connectivity index (χ2n) is 8.84. The van der Waals surface area contributed by atoms with E-state index in [2.05, 4.69) is 15.5 Å². The fourth-order valence-corrected chi connectivity index (χ4v) is 6.25. The number of ether oxygens (including phenoxy) is 1. The molecule has 2 aliphatic rings. The van der Waals surface area contributed by atoms with Crippen LogP contribution in [0.1, 0.15) is 18.4 Å². The minimum Gasteiger partial charge on any atom is -0.379 e. The average molecular weight is 533 g/mol. The highest BCUT2D eigenvalue weighted by atomic mass is 32.2. The number of nitrogens with zero attached hydrogens (tertiary/aromatic N) is 2. The molecule has 2 fully saturated rings. The van der Waals surface area contributed by atoms with Crippen molar-refractivity contribution in [2.75, 3.05) is 66.4 Å². The molecule has 0 atom stereocenters. The van der Waals surface area contributed by atoms with Gasteiger partial charge in [0.25, 0.3) is 0 Å². The molecule has 0 unspecified atom stereocenters. The Morgan fingerprint density at radius 1 is 0.917 bits per heavy atom. The van der Waals surface area contributed by atoms with Crippen LogP contribution in [0.4, 0.5) is 17.1 Å². The summed E-state index contributed by atoms with van der Waals surface area (Å²) in [4.78, 5) is 27.3. The highest BCUT2D eigenvalue weighted by Crippen LogP contribution is 2.32. The van der Waals surface area contributed by atoms with Crippen molar-refractivity contribution in [3.8, 4) is 0 Å². The number of nitrogens with one attached hydrogen (secondary N) is 2. The van der Waals surface area contributed by atoms with Crippen molar-refractivity contribution < 1.29 is 22.7 Å². The van der Waals surface area contributed by atoms with Crippen LogP contribution < -0.4 is 15.5 Å². The Bertz CT molecular complexity index is 1180. The molecule has 4 rings (SSSR count). The van der Waals surface area contributed by atoms with Crippen LogP contribution in [0.3, 0.4) is 0 Å². The van der Waals surface area contributed by atoms with Crippen LogP contribution in [0.15, 0.2) is 47.4 Å². The Kier molecular flexibility index (Phi) is 8.89. The normalized spacial score (nSPS) is 16.6. The number of carbonyl (C=O) groups excluding carboxylic acids is 2. The zero-order valence-corrected chi connectivity index (χ0v) is 22.0. The third-order valence-corrected chi connectivity index (χ3v) is 8.93. The number of morpholine rings is 1. The first-order valence-electron chi connectivity index (χ1n) is 12.0. The van der Waals surface area contributed by atoms with E-state index in [1.165, 1.54) is 16.1 Å². The van der Waals surface area contributed by atoms with Gasteiger partial charge in [-0.1, -0.05) is 17.7 Å². The quantitative estimate of drug-likeness (QED) is 0.511. The Morgan fingerprint density at radius 2 is 1.56 bits per heavy atom. The average Bonchev–Trinajstić information content (AvgIpc) is 3.41. The van der Waals surface area contributed by atoms with Crippen LogP contribution in [0.2, 0.25) is 0 Å². The maximum Gasteiger partial charge on any atom is 0.243 e. The second-order valence-corrected chi connectivity index (χ2v) is 11.8. The maximum absolute atomic E-state index is 13.2. The number of hydrogen-bond acceptors (Lipinski definition) is 7. The highest BCUT2D eigenvalue weighted by molar-refractivity contribution is 8.00. The molecule has 0 bridgehead atoms. The molecule has 0 aromatic heterocycles. The summed E-state index contributed by atoms with van der Waals surface area (Å²) in [6.45, 7) is 5.02. The summed E-state index contributed by atoms with van der Waals surface area (Å²) in [5, 5.41) is 5.71. The molecular formula is C25H32N4O5S2. The van der Waals surface area contributed by atoms with E-state index in [9.17, 15) is 18.0 Å². The molecule has 0 spiro atoms. The molecule has 11 heteroatoms. The summed E-state index contributed by atoms with van der Waals surface area (Å²) in [6, 6.07) is 12.4. The number of anilines is 3. The molecule has 2 aliphatic heterocycles. The van der Waals surface area contributed by atoms with E-state index in [1.54, 1.807) is 18.2 Å². The summed E-state index contributed by atoms with van der Waals surface area (Å²) in [7, 11) is -3.70. The topological polar surface area (TPSA) is 108 Å². The first-order valence-corrected chi connectivity index (χ1v) is 14.6. The number of benzene rings is 2. The van der Waals surface area contributed by atoms with Gasteiger partial charge in [-0.2, -0.15) is 4.31 Å². The lowest BCUT2D eigenvalue weighted by Gasteiger charge is -2.27. The van der Waals surface area contributed by atoms with Crippen LogP contribution in [0.25, 0.3) is 0 Å².